The molecule has 0 radical (unpaired) electrons. The van der Waals surface area contributed by atoms with Crippen LogP contribution in [0.25, 0.3) is 22.2 Å². The molecule has 0 bridgehead atoms. The van der Waals surface area contributed by atoms with Gasteiger partial charge < -0.3 is 24.3 Å². The van der Waals surface area contributed by atoms with Gasteiger partial charge >= 0.3 is 0 Å². The molecule has 2 aromatic carbocycles. The largest absolute Gasteiger partial charge is 0.493 e. The number of ether oxygens (including phenoxy) is 2. The summed E-state index contributed by atoms with van der Waals surface area (Å²) < 4.78 is 10.9. The number of nitrogens with one attached hydrogen (secondary N) is 1. The molecule has 3 heterocycles. The first-order valence-corrected chi connectivity index (χ1v) is 15.5. The van der Waals surface area contributed by atoms with Crippen LogP contribution in [-0.2, 0) is 9.59 Å². The van der Waals surface area contributed by atoms with Crippen LogP contribution in [0, 0.1) is 12.8 Å². The first-order chi connectivity index (χ1) is 20.4. The lowest BCUT2D eigenvalue weighted by atomic mass is 9.88. The van der Waals surface area contributed by atoms with Crippen LogP contribution < -0.4 is 9.47 Å². The number of rotatable bonds is 9. The van der Waals surface area contributed by atoms with E-state index in [0.717, 1.165) is 75.2 Å². The number of aromatic nitrogens is 1. The molecule has 8 heteroatoms. The van der Waals surface area contributed by atoms with Gasteiger partial charge in [-0.05, 0) is 100 Å². The summed E-state index contributed by atoms with van der Waals surface area (Å²) in [6.45, 7) is 11.3. The number of carbonyl (C=O) groups is 2. The number of hydrogen-bond donors (Lipinski definition) is 1. The van der Waals surface area contributed by atoms with Crippen LogP contribution in [0.4, 0.5) is 0 Å². The van der Waals surface area contributed by atoms with Crippen molar-refractivity contribution >= 4 is 22.7 Å². The summed E-state index contributed by atoms with van der Waals surface area (Å²) in [6.07, 6.45) is 3.83. The van der Waals surface area contributed by atoms with Gasteiger partial charge in [-0.1, -0.05) is 6.07 Å². The highest BCUT2D eigenvalue weighted by Crippen LogP contribution is 2.37. The smallest absolute Gasteiger partial charge is 0.236 e. The molecule has 1 aromatic heterocycles. The number of likely N-dealkylation sites (tertiary alicyclic amines) is 2. The van der Waals surface area contributed by atoms with E-state index in [4.69, 9.17) is 9.47 Å². The maximum atomic E-state index is 13.2. The minimum Gasteiger partial charge on any atom is -0.493 e. The van der Waals surface area contributed by atoms with Crippen molar-refractivity contribution in [2.24, 2.45) is 5.92 Å². The van der Waals surface area contributed by atoms with Crippen LogP contribution in [-0.4, -0.2) is 91.5 Å². The molecule has 0 saturated carbocycles. The van der Waals surface area contributed by atoms with Gasteiger partial charge in [-0.25, -0.2) is 0 Å². The number of nitrogens with zero attached hydrogens (tertiary/aromatic N) is 3. The lowest BCUT2D eigenvalue weighted by Crippen LogP contribution is -2.49. The summed E-state index contributed by atoms with van der Waals surface area (Å²) >= 11 is 0. The molecule has 1 N–H and O–H groups in total. The molecular formula is C34H46N4O4. The second kappa shape index (κ2) is 13.2. The number of methoxy groups -OCH3 is 2. The van der Waals surface area contributed by atoms with Gasteiger partial charge in [0.25, 0.3) is 0 Å². The Morgan fingerprint density at radius 1 is 0.952 bits per heavy atom. The Hall–Kier alpha value is -3.52. The van der Waals surface area contributed by atoms with E-state index in [1.54, 1.807) is 14.2 Å². The van der Waals surface area contributed by atoms with Gasteiger partial charge in [-0.15, -0.1) is 0 Å². The van der Waals surface area contributed by atoms with E-state index in [9.17, 15) is 9.59 Å². The number of aromatic amines is 1. The molecule has 0 aliphatic carbocycles. The highest BCUT2D eigenvalue weighted by molar-refractivity contribution is 5.91. The predicted molar refractivity (Wildman–Crippen MR) is 167 cm³/mol. The Bertz CT molecular complexity index is 1400. The molecule has 2 aliphatic heterocycles. The number of H-pyrrole nitrogens is 1. The van der Waals surface area contributed by atoms with E-state index in [2.05, 4.69) is 41.1 Å². The third-order valence-corrected chi connectivity index (χ3v) is 9.36. The zero-order valence-electron chi connectivity index (χ0n) is 25.9. The topological polar surface area (TPSA) is 78.1 Å². The first-order valence-electron chi connectivity index (χ1n) is 15.5. The summed E-state index contributed by atoms with van der Waals surface area (Å²) in [6, 6.07) is 12.8. The van der Waals surface area contributed by atoms with Gasteiger partial charge in [0.15, 0.2) is 11.5 Å². The average molecular weight is 575 g/mol. The van der Waals surface area contributed by atoms with Gasteiger partial charge in [-0.2, -0.15) is 0 Å². The molecule has 2 saturated heterocycles. The lowest BCUT2D eigenvalue weighted by Gasteiger charge is -2.37. The zero-order chi connectivity index (χ0) is 29.8. The van der Waals surface area contributed by atoms with Crippen molar-refractivity contribution in [1.82, 2.24) is 19.7 Å². The molecule has 0 spiro atoms. The van der Waals surface area contributed by atoms with Crippen LogP contribution in [0.1, 0.15) is 56.6 Å². The van der Waals surface area contributed by atoms with E-state index >= 15 is 0 Å². The molecule has 1 unspecified atom stereocenters. The predicted octanol–water partition coefficient (Wildman–Crippen LogP) is 5.45. The fraction of sp³-hybridized carbons (Fsp3) is 0.529. The standard InChI is InChI=1S/C34H46N4O4/c1-6-37(7-2)34(40)27-9-8-16-36(21-27)22-32(39)38-17-14-24(15-18-38)25-10-12-29-28(19-25)23(3)33(35-29)26-11-13-30(41-4)31(20-26)42-5/h10-13,19-20,24,27,35H,6-9,14-18,21-22H2,1-5H3. The number of fused-ring (bicyclic) bond motifs is 1. The Balaban J connectivity index is 1.20. The van der Waals surface area contributed by atoms with Crippen molar-refractivity contribution in [3.63, 3.8) is 0 Å². The Labute approximate surface area is 249 Å². The number of piperidine rings is 2. The number of benzene rings is 2. The van der Waals surface area contributed by atoms with Crippen molar-refractivity contribution in [2.75, 3.05) is 60.0 Å². The van der Waals surface area contributed by atoms with Gasteiger partial charge in [-0.3, -0.25) is 14.5 Å². The maximum absolute atomic E-state index is 13.2. The van der Waals surface area contributed by atoms with Crippen LogP contribution in [0.2, 0.25) is 0 Å². The SMILES string of the molecule is CCN(CC)C(=O)C1CCCN(CC(=O)N2CCC(c3ccc4[nH]c(-c5ccc(OC)c(OC)c5)c(C)c4c3)CC2)C1. The van der Waals surface area contributed by atoms with Crippen LogP contribution in [0.15, 0.2) is 36.4 Å². The summed E-state index contributed by atoms with van der Waals surface area (Å²) in [5, 5.41) is 1.23. The highest BCUT2D eigenvalue weighted by Gasteiger charge is 2.31. The van der Waals surface area contributed by atoms with Crippen LogP contribution in [0.5, 0.6) is 11.5 Å². The zero-order valence-corrected chi connectivity index (χ0v) is 25.9. The maximum Gasteiger partial charge on any atom is 0.236 e. The minimum absolute atomic E-state index is 0.0104. The van der Waals surface area contributed by atoms with Crippen molar-refractivity contribution < 1.29 is 19.1 Å². The molecule has 8 nitrogen and oxygen atoms in total. The first kappa shape index (κ1) is 30.0. The quantitative estimate of drug-likeness (QED) is 0.368. The van der Waals surface area contributed by atoms with Crippen molar-refractivity contribution in [3.05, 3.63) is 47.5 Å². The lowest BCUT2D eigenvalue weighted by molar-refractivity contribution is -0.139. The molecule has 2 amide bonds. The number of carbonyl (C=O) groups excluding carboxylic acids is 2. The molecule has 2 fully saturated rings. The van der Waals surface area contributed by atoms with E-state index in [1.165, 1.54) is 16.5 Å². The molecular weight excluding hydrogens is 528 g/mol. The van der Waals surface area contributed by atoms with Crippen LogP contribution in [0.3, 0.4) is 0 Å². The van der Waals surface area contributed by atoms with Gasteiger partial charge in [0.1, 0.15) is 0 Å². The van der Waals surface area contributed by atoms with E-state index < -0.39 is 0 Å². The number of amides is 2. The minimum atomic E-state index is 0.0104. The van der Waals surface area contributed by atoms with Crippen molar-refractivity contribution in [1.29, 1.82) is 0 Å². The number of hydrogen-bond acceptors (Lipinski definition) is 5. The summed E-state index contributed by atoms with van der Waals surface area (Å²) in [4.78, 5) is 35.9. The second-order valence-corrected chi connectivity index (χ2v) is 11.7. The van der Waals surface area contributed by atoms with E-state index in [0.29, 0.717) is 30.5 Å². The van der Waals surface area contributed by atoms with Gasteiger partial charge in [0, 0.05) is 54.9 Å². The molecule has 5 rings (SSSR count). The normalized spacial score (nSPS) is 18.3. The second-order valence-electron chi connectivity index (χ2n) is 11.7. The summed E-state index contributed by atoms with van der Waals surface area (Å²) in [5.74, 6) is 2.31. The third kappa shape index (κ3) is 6.14. The fourth-order valence-electron chi connectivity index (χ4n) is 6.83. The number of aryl methyl sites for hydroxylation is 1. The van der Waals surface area contributed by atoms with Crippen molar-refractivity contribution in [2.45, 2.75) is 52.4 Å². The van der Waals surface area contributed by atoms with Crippen LogP contribution >= 0.6 is 0 Å². The average Bonchev–Trinajstić information content (AvgIpc) is 3.36. The Morgan fingerprint density at radius 3 is 2.38 bits per heavy atom. The molecule has 3 aromatic rings. The third-order valence-electron chi connectivity index (χ3n) is 9.36. The summed E-state index contributed by atoms with van der Waals surface area (Å²) in [7, 11) is 3.31. The van der Waals surface area contributed by atoms with E-state index in [1.807, 2.05) is 35.8 Å². The fourth-order valence-corrected chi connectivity index (χ4v) is 6.83. The molecule has 2 aliphatic rings. The summed E-state index contributed by atoms with van der Waals surface area (Å²) in [5.41, 5.74) is 5.82. The van der Waals surface area contributed by atoms with Crippen molar-refractivity contribution in [3.8, 4) is 22.8 Å². The van der Waals surface area contributed by atoms with E-state index in [-0.39, 0.29) is 17.7 Å². The highest BCUT2D eigenvalue weighted by atomic mass is 16.5. The monoisotopic (exact) mass is 574 g/mol. The van der Waals surface area contributed by atoms with Gasteiger partial charge in [0.05, 0.1) is 26.7 Å². The molecule has 226 valence electrons. The Kier molecular flexibility index (Phi) is 9.41. The molecule has 1 atom stereocenters. The Morgan fingerprint density at radius 2 is 1.69 bits per heavy atom. The van der Waals surface area contributed by atoms with Gasteiger partial charge in [0.2, 0.25) is 11.8 Å². The molecule has 42 heavy (non-hydrogen) atoms.